The summed E-state index contributed by atoms with van der Waals surface area (Å²) in [5.41, 5.74) is 4.36. The molecule has 0 fully saturated rings. The van der Waals surface area contributed by atoms with Gasteiger partial charge in [-0.1, -0.05) is 0 Å². The maximum atomic E-state index is 11.0. The van der Waals surface area contributed by atoms with Crippen molar-refractivity contribution in [3.63, 3.8) is 0 Å². The Bertz CT molecular complexity index is 336. The maximum absolute atomic E-state index is 11.0. The summed E-state index contributed by atoms with van der Waals surface area (Å²) in [7, 11) is 0. The van der Waals surface area contributed by atoms with E-state index in [1.165, 1.54) is 6.20 Å². The molecule has 0 aliphatic rings. The first kappa shape index (κ1) is 10.9. The highest BCUT2D eigenvalue weighted by atomic mass is 79.9. The van der Waals surface area contributed by atoms with E-state index in [-0.39, 0.29) is 0 Å². The van der Waals surface area contributed by atoms with Crippen LogP contribution in [0.1, 0.15) is 13.8 Å². The van der Waals surface area contributed by atoms with Crippen molar-refractivity contribution in [2.75, 3.05) is 5.32 Å². The number of primary amides is 1. The zero-order chi connectivity index (χ0) is 10.8. The second-order valence-electron chi connectivity index (χ2n) is 3.34. The van der Waals surface area contributed by atoms with Gasteiger partial charge in [0.2, 0.25) is 5.91 Å². The second kappa shape index (κ2) is 3.91. The van der Waals surface area contributed by atoms with Gasteiger partial charge in [0.1, 0.15) is 16.0 Å². The predicted octanol–water partition coefficient (Wildman–Crippen LogP) is 0.915. The molecule has 0 saturated heterocycles. The molecule has 0 aromatic carbocycles. The molecule has 0 aliphatic carbocycles. The fourth-order valence-corrected chi connectivity index (χ4v) is 0.963. The lowest BCUT2D eigenvalue weighted by atomic mass is 10.1. The van der Waals surface area contributed by atoms with E-state index < -0.39 is 11.4 Å². The van der Waals surface area contributed by atoms with Crippen LogP contribution >= 0.6 is 15.9 Å². The normalized spacial score (nSPS) is 11.1. The summed E-state index contributed by atoms with van der Waals surface area (Å²) in [5.74, 6) is 0.0687. The molecular formula is C8H11BrN4O. The molecule has 1 aromatic rings. The van der Waals surface area contributed by atoms with Crippen molar-refractivity contribution in [2.24, 2.45) is 5.73 Å². The number of aromatic nitrogens is 2. The van der Waals surface area contributed by atoms with Gasteiger partial charge in [-0.05, 0) is 29.8 Å². The lowest BCUT2D eigenvalue weighted by Crippen LogP contribution is -2.45. The zero-order valence-electron chi connectivity index (χ0n) is 7.91. The van der Waals surface area contributed by atoms with E-state index in [1.54, 1.807) is 20.0 Å². The quantitative estimate of drug-likeness (QED) is 0.845. The molecule has 5 nitrogen and oxygen atoms in total. The molecule has 0 unspecified atom stereocenters. The molecule has 0 atom stereocenters. The molecule has 76 valence electrons. The number of amides is 1. The Morgan fingerprint density at radius 1 is 1.50 bits per heavy atom. The van der Waals surface area contributed by atoms with E-state index in [0.717, 1.165) is 0 Å². The van der Waals surface area contributed by atoms with Gasteiger partial charge in [0.15, 0.2) is 0 Å². The maximum Gasteiger partial charge on any atom is 0.242 e. The van der Waals surface area contributed by atoms with Crippen LogP contribution in [-0.2, 0) is 4.79 Å². The van der Waals surface area contributed by atoms with Crippen LogP contribution in [0.2, 0.25) is 0 Å². The molecule has 0 spiro atoms. The molecule has 3 N–H and O–H groups in total. The van der Waals surface area contributed by atoms with Crippen LogP contribution in [0.4, 0.5) is 5.82 Å². The SMILES string of the molecule is CC(C)(Nc1cnc(Br)cn1)C(N)=O. The molecule has 6 heteroatoms. The highest BCUT2D eigenvalue weighted by Crippen LogP contribution is 2.12. The van der Waals surface area contributed by atoms with Crippen molar-refractivity contribution in [1.29, 1.82) is 0 Å². The fourth-order valence-electron chi connectivity index (χ4n) is 0.759. The molecule has 0 saturated carbocycles. The summed E-state index contributed by atoms with van der Waals surface area (Å²) in [6.07, 6.45) is 3.06. The van der Waals surface area contributed by atoms with Gasteiger partial charge in [0, 0.05) is 0 Å². The largest absolute Gasteiger partial charge is 0.368 e. The van der Waals surface area contributed by atoms with Gasteiger partial charge in [-0.15, -0.1) is 0 Å². The monoisotopic (exact) mass is 258 g/mol. The Balaban J connectivity index is 2.79. The number of nitrogens with zero attached hydrogens (tertiary/aromatic N) is 2. The Hall–Kier alpha value is -1.17. The van der Waals surface area contributed by atoms with E-state index in [1.807, 2.05) is 0 Å². The summed E-state index contributed by atoms with van der Waals surface area (Å²) in [6, 6.07) is 0. The number of nitrogens with two attached hydrogens (primary N) is 1. The Morgan fingerprint density at radius 3 is 2.57 bits per heavy atom. The van der Waals surface area contributed by atoms with Crippen LogP contribution in [0.5, 0.6) is 0 Å². The molecule has 0 radical (unpaired) electrons. The van der Waals surface area contributed by atoms with Crippen LogP contribution in [-0.4, -0.2) is 21.4 Å². The standard InChI is InChI=1S/C8H11BrN4O/c1-8(2,7(10)14)13-6-4-11-5(9)3-12-6/h3-4H,1-2H3,(H2,10,14)(H,12,13). The Kier molecular flexibility index (Phi) is 3.05. The van der Waals surface area contributed by atoms with Gasteiger partial charge in [0.25, 0.3) is 0 Å². The van der Waals surface area contributed by atoms with E-state index >= 15 is 0 Å². The number of rotatable bonds is 3. The van der Waals surface area contributed by atoms with Crippen LogP contribution in [0, 0.1) is 0 Å². The van der Waals surface area contributed by atoms with E-state index in [2.05, 4.69) is 31.2 Å². The second-order valence-corrected chi connectivity index (χ2v) is 4.15. The lowest BCUT2D eigenvalue weighted by molar-refractivity contribution is -0.121. The Labute approximate surface area is 90.2 Å². The van der Waals surface area contributed by atoms with Gasteiger partial charge in [-0.25, -0.2) is 9.97 Å². The zero-order valence-corrected chi connectivity index (χ0v) is 9.50. The third kappa shape index (κ3) is 2.66. The average molecular weight is 259 g/mol. The van der Waals surface area contributed by atoms with E-state index in [9.17, 15) is 4.79 Å². The summed E-state index contributed by atoms with van der Waals surface area (Å²) in [4.78, 5) is 19.0. The van der Waals surface area contributed by atoms with Gasteiger partial charge in [0.05, 0.1) is 12.4 Å². The van der Waals surface area contributed by atoms with Crippen LogP contribution < -0.4 is 11.1 Å². The summed E-state index contributed by atoms with van der Waals surface area (Å²) < 4.78 is 0.639. The van der Waals surface area contributed by atoms with Gasteiger partial charge in [-0.2, -0.15) is 0 Å². The van der Waals surface area contributed by atoms with E-state index in [4.69, 9.17) is 5.73 Å². The molecule has 1 aromatic heterocycles. The smallest absolute Gasteiger partial charge is 0.242 e. The summed E-state index contributed by atoms with van der Waals surface area (Å²) in [6.45, 7) is 3.36. The number of carbonyl (C=O) groups excluding carboxylic acids is 1. The molecule has 1 rings (SSSR count). The average Bonchev–Trinajstić information content (AvgIpc) is 2.08. The van der Waals surface area contributed by atoms with Crippen molar-refractivity contribution in [1.82, 2.24) is 9.97 Å². The van der Waals surface area contributed by atoms with Crippen molar-refractivity contribution in [3.8, 4) is 0 Å². The van der Waals surface area contributed by atoms with Crippen LogP contribution in [0.3, 0.4) is 0 Å². The minimum Gasteiger partial charge on any atom is -0.368 e. The number of carbonyl (C=O) groups is 1. The first-order chi connectivity index (χ1) is 6.42. The number of nitrogens with one attached hydrogen (secondary N) is 1. The summed E-state index contributed by atoms with van der Waals surface area (Å²) in [5, 5.41) is 2.88. The number of hydrogen-bond acceptors (Lipinski definition) is 4. The topological polar surface area (TPSA) is 80.9 Å². The van der Waals surface area contributed by atoms with Gasteiger partial charge >= 0.3 is 0 Å². The third-order valence-corrected chi connectivity index (χ3v) is 2.09. The number of hydrogen-bond donors (Lipinski definition) is 2. The highest BCUT2D eigenvalue weighted by molar-refractivity contribution is 9.10. The van der Waals surface area contributed by atoms with Crippen molar-refractivity contribution < 1.29 is 4.79 Å². The minimum atomic E-state index is -0.831. The predicted molar refractivity (Wildman–Crippen MR) is 56.6 cm³/mol. The summed E-state index contributed by atoms with van der Waals surface area (Å²) >= 11 is 3.16. The highest BCUT2D eigenvalue weighted by Gasteiger charge is 2.24. The first-order valence-electron chi connectivity index (χ1n) is 3.97. The Morgan fingerprint density at radius 2 is 2.14 bits per heavy atom. The lowest BCUT2D eigenvalue weighted by Gasteiger charge is -2.22. The number of anilines is 1. The van der Waals surface area contributed by atoms with Crippen molar-refractivity contribution in [3.05, 3.63) is 17.0 Å². The molecule has 1 amide bonds. The molecule has 14 heavy (non-hydrogen) atoms. The van der Waals surface area contributed by atoms with Crippen LogP contribution in [0.15, 0.2) is 17.0 Å². The van der Waals surface area contributed by atoms with Crippen LogP contribution in [0.25, 0.3) is 0 Å². The van der Waals surface area contributed by atoms with Crippen molar-refractivity contribution in [2.45, 2.75) is 19.4 Å². The van der Waals surface area contributed by atoms with E-state index in [0.29, 0.717) is 10.4 Å². The minimum absolute atomic E-state index is 0.442. The van der Waals surface area contributed by atoms with Crippen molar-refractivity contribution >= 4 is 27.7 Å². The first-order valence-corrected chi connectivity index (χ1v) is 4.77. The molecule has 1 heterocycles. The molecule has 0 bridgehead atoms. The fraction of sp³-hybridized carbons (Fsp3) is 0.375. The molecular weight excluding hydrogens is 248 g/mol. The third-order valence-electron chi connectivity index (χ3n) is 1.68. The van der Waals surface area contributed by atoms with Gasteiger partial charge < -0.3 is 11.1 Å². The molecule has 0 aliphatic heterocycles. The van der Waals surface area contributed by atoms with Gasteiger partial charge in [-0.3, -0.25) is 4.79 Å². The number of halogens is 1.